The summed E-state index contributed by atoms with van der Waals surface area (Å²) in [5, 5.41) is 9.96. The van der Waals surface area contributed by atoms with Gasteiger partial charge in [-0.05, 0) is 5.56 Å². The molecule has 1 aliphatic rings. The standard InChI is InChI=1S/C13H16N2O6S/c1-14-12(21-13(17)20-2)11(16)9-15(22(14,18)19)8-10-6-4-3-5-7-10/h3-7,16H,8-9H2,1-2H3. The molecule has 1 aliphatic heterocycles. The Morgan fingerprint density at radius 2 is 1.95 bits per heavy atom. The molecule has 8 nitrogen and oxygen atoms in total. The molecule has 0 spiro atoms. The Morgan fingerprint density at radius 3 is 2.55 bits per heavy atom. The first-order valence-electron chi connectivity index (χ1n) is 6.32. The maximum Gasteiger partial charge on any atom is 0.514 e. The quantitative estimate of drug-likeness (QED) is 0.837. The molecule has 0 bridgehead atoms. The van der Waals surface area contributed by atoms with Crippen molar-refractivity contribution in [3.05, 3.63) is 47.5 Å². The Kier molecular flexibility index (Phi) is 4.57. The largest absolute Gasteiger partial charge is 0.514 e. The van der Waals surface area contributed by atoms with E-state index in [1.54, 1.807) is 24.3 Å². The normalized spacial score (nSPS) is 18.2. The summed E-state index contributed by atoms with van der Waals surface area (Å²) in [5.74, 6) is -0.838. The van der Waals surface area contributed by atoms with Gasteiger partial charge < -0.3 is 14.6 Å². The molecule has 0 aliphatic carbocycles. The van der Waals surface area contributed by atoms with E-state index in [9.17, 15) is 18.3 Å². The molecule has 120 valence electrons. The van der Waals surface area contributed by atoms with Gasteiger partial charge in [0.15, 0.2) is 5.76 Å². The number of aliphatic hydroxyl groups excluding tert-OH is 1. The SMILES string of the molecule is COC(=O)OC1=C(O)CN(Cc2ccccc2)S(=O)(=O)N1C. The lowest BCUT2D eigenvalue weighted by Gasteiger charge is -2.33. The molecule has 2 rings (SSSR count). The highest BCUT2D eigenvalue weighted by Gasteiger charge is 2.38. The van der Waals surface area contributed by atoms with Gasteiger partial charge in [-0.2, -0.15) is 12.7 Å². The van der Waals surface area contributed by atoms with Gasteiger partial charge in [0.25, 0.3) is 5.88 Å². The van der Waals surface area contributed by atoms with Gasteiger partial charge in [-0.3, -0.25) is 0 Å². The zero-order valence-corrected chi connectivity index (χ0v) is 12.9. The van der Waals surface area contributed by atoms with E-state index < -0.39 is 22.2 Å². The van der Waals surface area contributed by atoms with E-state index in [0.29, 0.717) is 4.31 Å². The number of benzene rings is 1. The van der Waals surface area contributed by atoms with Gasteiger partial charge >= 0.3 is 16.4 Å². The lowest BCUT2D eigenvalue weighted by atomic mass is 10.2. The minimum atomic E-state index is -3.92. The summed E-state index contributed by atoms with van der Waals surface area (Å²) in [4.78, 5) is 11.1. The van der Waals surface area contributed by atoms with Crippen LogP contribution in [0, 0.1) is 0 Å². The minimum absolute atomic E-state index is 0.0864. The summed E-state index contributed by atoms with van der Waals surface area (Å²) in [6.45, 7) is -0.211. The molecule has 9 heteroatoms. The molecule has 0 amide bonds. The number of hydrogen-bond acceptors (Lipinski definition) is 6. The first kappa shape index (κ1) is 16.1. The number of carbonyl (C=O) groups excluding carboxylic acids is 1. The summed E-state index contributed by atoms with van der Waals surface area (Å²) < 4.78 is 35.6. The fourth-order valence-corrected chi connectivity index (χ4v) is 3.24. The van der Waals surface area contributed by atoms with Crippen molar-refractivity contribution in [3.8, 4) is 0 Å². The Morgan fingerprint density at radius 1 is 1.32 bits per heavy atom. The van der Waals surface area contributed by atoms with E-state index in [1.165, 1.54) is 7.05 Å². The minimum Gasteiger partial charge on any atom is -0.506 e. The lowest BCUT2D eigenvalue weighted by molar-refractivity contribution is 0.0738. The second-order valence-corrected chi connectivity index (χ2v) is 6.50. The van der Waals surface area contributed by atoms with Gasteiger partial charge in [0, 0.05) is 13.6 Å². The van der Waals surface area contributed by atoms with E-state index in [1.807, 2.05) is 6.07 Å². The molecule has 0 saturated heterocycles. The van der Waals surface area contributed by atoms with Crippen LogP contribution in [-0.4, -0.2) is 49.0 Å². The van der Waals surface area contributed by atoms with Gasteiger partial charge in [0.05, 0.1) is 13.7 Å². The van der Waals surface area contributed by atoms with Crippen molar-refractivity contribution in [1.82, 2.24) is 8.61 Å². The Balaban J connectivity index is 2.28. The van der Waals surface area contributed by atoms with Gasteiger partial charge in [-0.25, -0.2) is 9.10 Å². The summed E-state index contributed by atoms with van der Waals surface area (Å²) >= 11 is 0. The molecule has 1 aromatic rings. The molecule has 1 aromatic carbocycles. The predicted octanol–water partition coefficient (Wildman–Crippen LogP) is 1.19. The van der Waals surface area contributed by atoms with E-state index >= 15 is 0 Å². The number of rotatable bonds is 3. The molecule has 1 N–H and O–H groups in total. The Hall–Kier alpha value is -2.26. The summed E-state index contributed by atoms with van der Waals surface area (Å²) in [6.07, 6.45) is -1.11. The van der Waals surface area contributed by atoms with Crippen LogP contribution in [0.3, 0.4) is 0 Å². The maximum atomic E-state index is 12.4. The van der Waals surface area contributed by atoms with Gasteiger partial charge in [-0.15, -0.1) is 0 Å². The van der Waals surface area contributed by atoms with Gasteiger partial charge in [0.1, 0.15) is 0 Å². The highest BCUT2D eigenvalue weighted by atomic mass is 32.2. The van der Waals surface area contributed by atoms with Crippen LogP contribution >= 0.6 is 0 Å². The van der Waals surface area contributed by atoms with Crippen LogP contribution in [0.25, 0.3) is 0 Å². The number of carbonyl (C=O) groups is 1. The fraction of sp³-hybridized carbons (Fsp3) is 0.308. The predicted molar refractivity (Wildman–Crippen MR) is 76.7 cm³/mol. The first-order valence-corrected chi connectivity index (χ1v) is 7.71. The highest BCUT2D eigenvalue weighted by Crippen LogP contribution is 2.25. The average Bonchev–Trinajstić information content (AvgIpc) is 2.50. The van der Waals surface area contributed by atoms with E-state index in [4.69, 9.17) is 0 Å². The van der Waals surface area contributed by atoms with Crippen molar-refractivity contribution in [3.63, 3.8) is 0 Å². The van der Waals surface area contributed by atoms with E-state index in [0.717, 1.165) is 17.0 Å². The van der Waals surface area contributed by atoms with Crippen molar-refractivity contribution in [2.45, 2.75) is 6.54 Å². The van der Waals surface area contributed by atoms with Crippen molar-refractivity contribution >= 4 is 16.4 Å². The molecule has 0 radical (unpaired) electrons. The third kappa shape index (κ3) is 3.15. The molecule has 0 aromatic heterocycles. The third-order valence-corrected chi connectivity index (χ3v) is 4.85. The van der Waals surface area contributed by atoms with Crippen molar-refractivity contribution < 1.29 is 27.8 Å². The second kappa shape index (κ2) is 6.24. The summed E-state index contributed by atoms with van der Waals surface area (Å²) in [7, 11) is -1.66. The zero-order chi connectivity index (χ0) is 16.3. The number of hydrogen-bond donors (Lipinski definition) is 1. The topological polar surface area (TPSA) is 96.4 Å². The molecule has 0 saturated carbocycles. The molecule has 0 fully saturated rings. The van der Waals surface area contributed by atoms with E-state index in [-0.39, 0.29) is 18.8 Å². The van der Waals surface area contributed by atoms with Crippen LogP contribution in [0.2, 0.25) is 0 Å². The van der Waals surface area contributed by atoms with Gasteiger partial charge in [-0.1, -0.05) is 30.3 Å². The number of methoxy groups -OCH3 is 1. The van der Waals surface area contributed by atoms with Crippen LogP contribution in [0.1, 0.15) is 5.56 Å². The Bertz CT molecular complexity index is 686. The smallest absolute Gasteiger partial charge is 0.506 e. The lowest BCUT2D eigenvalue weighted by Crippen LogP contribution is -2.47. The molecule has 0 unspecified atom stereocenters. The van der Waals surface area contributed by atoms with Crippen LogP contribution in [0.15, 0.2) is 42.0 Å². The molecular weight excluding hydrogens is 312 g/mol. The number of ether oxygens (including phenoxy) is 2. The average molecular weight is 328 g/mol. The molecule has 22 heavy (non-hydrogen) atoms. The van der Waals surface area contributed by atoms with E-state index in [2.05, 4.69) is 9.47 Å². The van der Waals surface area contributed by atoms with Crippen LogP contribution in [0.4, 0.5) is 4.79 Å². The Labute approximate surface area is 128 Å². The monoisotopic (exact) mass is 328 g/mol. The van der Waals surface area contributed by atoms with Crippen molar-refractivity contribution in [2.75, 3.05) is 20.7 Å². The maximum absolute atomic E-state index is 12.4. The zero-order valence-electron chi connectivity index (χ0n) is 12.1. The van der Waals surface area contributed by atoms with Crippen LogP contribution < -0.4 is 0 Å². The second-order valence-electron chi connectivity index (χ2n) is 4.54. The fourth-order valence-electron chi connectivity index (χ4n) is 1.94. The molecule has 1 heterocycles. The first-order chi connectivity index (χ1) is 10.4. The van der Waals surface area contributed by atoms with Crippen LogP contribution in [0.5, 0.6) is 0 Å². The number of nitrogens with zero attached hydrogens (tertiary/aromatic N) is 2. The van der Waals surface area contributed by atoms with Crippen LogP contribution in [-0.2, 0) is 26.2 Å². The molecule has 0 atom stereocenters. The highest BCUT2D eigenvalue weighted by molar-refractivity contribution is 7.86. The van der Waals surface area contributed by atoms with Gasteiger partial charge in [0.2, 0.25) is 0 Å². The van der Waals surface area contributed by atoms with Crippen molar-refractivity contribution in [1.29, 1.82) is 0 Å². The molecular formula is C13H16N2O6S. The van der Waals surface area contributed by atoms with Crippen molar-refractivity contribution in [2.24, 2.45) is 0 Å². The summed E-state index contributed by atoms with van der Waals surface area (Å²) in [6, 6.07) is 8.95. The third-order valence-electron chi connectivity index (χ3n) is 3.08. The number of aliphatic hydroxyl groups is 1. The summed E-state index contributed by atoms with van der Waals surface area (Å²) in [5.41, 5.74) is 0.768.